The van der Waals surface area contributed by atoms with Crippen LogP contribution in [0.25, 0.3) is 0 Å². The molecular formula is C29H37F5N2O2. The van der Waals surface area contributed by atoms with Crippen LogP contribution >= 0.6 is 0 Å². The van der Waals surface area contributed by atoms with E-state index in [0.717, 1.165) is 42.6 Å². The number of aryl methyl sites for hydroxylation is 3. The molecule has 0 radical (unpaired) electrons. The van der Waals surface area contributed by atoms with Gasteiger partial charge in [0.25, 0.3) is 0 Å². The summed E-state index contributed by atoms with van der Waals surface area (Å²) in [6.45, 7) is 9.61. The second-order valence-electron chi connectivity index (χ2n) is 11.2. The number of hydrogen-bond acceptors (Lipinski definition) is 3. The minimum atomic E-state index is -5.54. The third kappa shape index (κ3) is 7.60. The number of fused-ring (bicyclic) bond motifs is 1. The van der Waals surface area contributed by atoms with Gasteiger partial charge in [-0.1, -0.05) is 19.9 Å². The molecule has 38 heavy (non-hydrogen) atoms. The zero-order chi connectivity index (χ0) is 28.3. The Morgan fingerprint density at radius 1 is 1.03 bits per heavy atom. The minimum absolute atomic E-state index is 0.211. The van der Waals surface area contributed by atoms with E-state index in [1.807, 2.05) is 26.0 Å². The van der Waals surface area contributed by atoms with Crippen molar-refractivity contribution in [3.8, 4) is 5.75 Å². The Hall–Kier alpha value is -2.84. The number of ether oxygens (including phenoxy) is 1. The summed E-state index contributed by atoms with van der Waals surface area (Å²) in [5.41, 5.74) is 12.1. The number of rotatable bonds is 10. The van der Waals surface area contributed by atoms with Crippen LogP contribution in [0.15, 0.2) is 30.3 Å². The molecule has 2 N–H and O–H groups in total. The Balaban J connectivity index is 1.67. The van der Waals surface area contributed by atoms with Crippen molar-refractivity contribution in [3.63, 3.8) is 0 Å². The smallest absolute Gasteiger partial charge is 0.453 e. The summed E-state index contributed by atoms with van der Waals surface area (Å²) in [5.74, 6) is -4.54. The highest BCUT2D eigenvalue weighted by Crippen LogP contribution is 2.39. The standard InChI is InChI=1S/C29H37F5N2O2/c1-19-13-23(14-20(2)25(19)16-27(3,4)17-26(35)37)36-11-5-7-21-15-24(9-8-22(21)18-36)38-12-6-10-28(30,31)29(32,33)34/h8-9,13-15H,5-7,10-12,16-18H2,1-4H3,(H2,35,37). The third-order valence-corrected chi connectivity index (χ3v) is 7.09. The molecular weight excluding hydrogens is 503 g/mol. The van der Waals surface area contributed by atoms with Gasteiger partial charge < -0.3 is 15.4 Å². The maximum atomic E-state index is 13.1. The van der Waals surface area contributed by atoms with Crippen molar-refractivity contribution in [3.05, 3.63) is 58.1 Å². The number of amides is 1. The number of anilines is 1. The Bertz CT molecular complexity index is 1120. The molecule has 1 heterocycles. The van der Waals surface area contributed by atoms with Gasteiger partial charge in [-0.15, -0.1) is 0 Å². The zero-order valence-electron chi connectivity index (χ0n) is 22.5. The van der Waals surface area contributed by atoms with Crippen molar-refractivity contribution in [2.45, 2.75) is 84.9 Å². The molecule has 0 unspecified atom stereocenters. The summed E-state index contributed by atoms with van der Waals surface area (Å²) in [6.07, 6.45) is -4.44. The number of primary amides is 1. The number of benzene rings is 2. The lowest BCUT2D eigenvalue weighted by molar-refractivity contribution is -0.284. The van der Waals surface area contributed by atoms with Gasteiger partial charge in [0, 0.05) is 31.6 Å². The van der Waals surface area contributed by atoms with E-state index in [9.17, 15) is 26.7 Å². The van der Waals surface area contributed by atoms with Crippen LogP contribution in [0.3, 0.4) is 0 Å². The van der Waals surface area contributed by atoms with Crippen molar-refractivity contribution >= 4 is 11.6 Å². The van der Waals surface area contributed by atoms with E-state index in [1.54, 1.807) is 6.07 Å². The average molecular weight is 541 g/mol. The number of halogens is 5. The number of carbonyl (C=O) groups is 1. The van der Waals surface area contributed by atoms with Gasteiger partial charge in [-0.2, -0.15) is 22.0 Å². The molecule has 2 aromatic rings. The molecule has 9 heteroatoms. The molecule has 1 amide bonds. The van der Waals surface area contributed by atoms with Crippen LogP contribution in [0.2, 0.25) is 0 Å². The first-order chi connectivity index (χ1) is 17.6. The van der Waals surface area contributed by atoms with Crippen LogP contribution in [-0.2, 0) is 24.2 Å². The highest BCUT2D eigenvalue weighted by Gasteiger charge is 2.56. The van der Waals surface area contributed by atoms with Gasteiger partial charge in [-0.05, 0) is 97.0 Å². The number of nitrogens with zero attached hydrogens (tertiary/aromatic N) is 1. The van der Waals surface area contributed by atoms with Gasteiger partial charge in [0.05, 0.1) is 6.61 Å². The average Bonchev–Trinajstić information content (AvgIpc) is 2.99. The van der Waals surface area contributed by atoms with Crippen molar-refractivity contribution in [1.29, 1.82) is 0 Å². The quantitative estimate of drug-likeness (QED) is 0.259. The predicted molar refractivity (Wildman–Crippen MR) is 139 cm³/mol. The summed E-state index contributed by atoms with van der Waals surface area (Å²) in [5, 5.41) is 0. The van der Waals surface area contributed by atoms with E-state index in [4.69, 9.17) is 10.5 Å². The second kappa shape index (κ2) is 11.5. The Kier molecular flexibility index (Phi) is 8.99. The van der Waals surface area contributed by atoms with Gasteiger partial charge in [-0.3, -0.25) is 4.79 Å². The molecule has 0 fully saturated rings. The maximum Gasteiger partial charge on any atom is 0.453 e. The third-order valence-electron chi connectivity index (χ3n) is 7.09. The number of nitrogens with two attached hydrogens (primary N) is 1. The van der Waals surface area contributed by atoms with E-state index in [0.29, 0.717) is 18.7 Å². The van der Waals surface area contributed by atoms with E-state index in [-0.39, 0.29) is 17.9 Å². The van der Waals surface area contributed by atoms with Gasteiger partial charge in [-0.25, -0.2) is 0 Å². The fraction of sp³-hybridized carbons (Fsp3) is 0.552. The first-order valence-electron chi connectivity index (χ1n) is 12.9. The van der Waals surface area contributed by atoms with E-state index >= 15 is 0 Å². The molecule has 1 aliphatic heterocycles. The Morgan fingerprint density at radius 3 is 2.29 bits per heavy atom. The van der Waals surface area contributed by atoms with Crippen molar-refractivity contribution < 1.29 is 31.5 Å². The topological polar surface area (TPSA) is 55.6 Å². The molecule has 0 atom stereocenters. The predicted octanol–water partition coefficient (Wildman–Crippen LogP) is 7.06. The molecule has 0 saturated carbocycles. The van der Waals surface area contributed by atoms with Crippen LogP contribution in [0, 0.1) is 19.3 Å². The van der Waals surface area contributed by atoms with Crippen molar-refractivity contribution in [2.24, 2.45) is 11.1 Å². The summed E-state index contributed by atoms with van der Waals surface area (Å²) in [4.78, 5) is 13.8. The van der Waals surface area contributed by atoms with Crippen LogP contribution in [0.5, 0.6) is 5.75 Å². The van der Waals surface area contributed by atoms with E-state index < -0.39 is 24.9 Å². The number of hydrogen-bond donors (Lipinski definition) is 1. The minimum Gasteiger partial charge on any atom is -0.494 e. The molecule has 2 aromatic carbocycles. The molecule has 1 aliphatic rings. The molecule has 0 aliphatic carbocycles. The van der Waals surface area contributed by atoms with Gasteiger partial charge in [0.2, 0.25) is 5.91 Å². The lowest BCUT2D eigenvalue weighted by Gasteiger charge is -2.28. The number of alkyl halides is 5. The van der Waals surface area contributed by atoms with E-state index in [1.165, 1.54) is 16.7 Å². The summed E-state index contributed by atoms with van der Waals surface area (Å²) in [7, 11) is 0. The summed E-state index contributed by atoms with van der Waals surface area (Å²) in [6, 6.07) is 9.91. The molecule has 0 bridgehead atoms. The van der Waals surface area contributed by atoms with Gasteiger partial charge in [0.1, 0.15) is 5.75 Å². The molecule has 210 valence electrons. The second-order valence-corrected chi connectivity index (χ2v) is 11.2. The first-order valence-corrected chi connectivity index (χ1v) is 12.9. The largest absolute Gasteiger partial charge is 0.494 e. The van der Waals surface area contributed by atoms with Crippen molar-refractivity contribution in [2.75, 3.05) is 18.1 Å². The van der Waals surface area contributed by atoms with Crippen molar-refractivity contribution in [1.82, 2.24) is 0 Å². The first kappa shape index (κ1) is 29.7. The van der Waals surface area contributed by atoms with Crippen LogP contribution in [0.4, 0.5) is 27.6 Å². The maximum absolute atomic E-state index is 13.1. The highest BCUT2D eigenvalue weighted by atomic mass is 19.4. The van der Waals surface area contributed by atoms with Gasteiger partial charge >= 0.3 is 12.1 Å². The SMILES string of the molecule is Cc1cc(N2CCCc3cc(OCCCC(F)(F)C(F)(F)F)ccc3C2)cc(C)c1CC(C)(C)CC(N)=O. The van der Waals surface area contributed by atoms with Crippen LogP contribution < -0.4 is 15.4 Å². The number of carbonyl (C=O) groups excluding carboxylic acids is 1. The summed E-state index contributed by atoms with van der Waals surface area (Å²) < 4.78 is 68.7. The van der Waals surface area contributed by atoms with Gasteiger partial charge in [0.15, 0.2) is 0 Å². The monoisotopic (exact) mass is 540 g/mol. The van der Waals surface area contributed by atoms with Crippen LogP contribution in [-0.4, -0.2) is 31.2 Å². The Labute approximate surface area is 221 Å². The van der Waals surface area contributed by atoms with Crippen LogP contribution in [0.1, 0.15) is 67.3 Å². The molecule has 0 saturated heterocycles. The summed E-state index contributed by atoms with van der Waals surface area (Å²) >= 11 is 0. The fourth-order valence-electron chi connectivity index (χ4n) is 5.12. The lowest BCUT2D eigenvalue weighted by atomic mass is 9.80. The normalized spacial score (nSPS) is 14.7. The van der Waals surface area contributed by atoms with E-state index in [2.05, 4.69) is 30.9 Å². The molecule has 0 spiro atoms. The molecule has 4 nitrogen and oxygen atoms in total. The molecule has 3 rings (SSSR count). The lowest BCUT2D eigenvalue weighted by Crippen LogP contribution is -2.36. The Morgan fingerprint density at radius 2 is 1.68 bits per heavy atom. The molecule has 0 aromatic heterocycles. The zero-order valence-corrected chi connectivity index (χ0v) is 22.5. The highest BCUT2D eigenvalue weighted by molar-refractivity contribution is 5.74. The fourth-order valence-corrected chi connectivity index (χ4v) is 5.12.